The summed E-state index contributed by atoms with van der Waals surface area (Å²) in [6.07, 6.45) is 3.70. The Balaban J connectivity index is 1.49. The number of fused-ring (bicyclic) bond motifs is 1. The summed E-state index contributed by atoms with van der Waals surface area (Å²) in [6, 6.07) is 15.5. The highest BCUT2D eigenvalue weighted by molar-refractivity contribution is 5.87. The summed E-state index contributed by atoms with van der Waals surface area (Å²) in [5, 5.41) is 0. The molecule has 0 amide bonds. The number of pyridine rings is 1. The summed E-state index contributed by atoms with van der Waals surface area (Å²) in [5.41, 5.74) is 6.57. The molecular weight excluding hydrogens is 391 g/mol. The van der Waals surface area contributed by atoms with E-state index in [1.54, 1.807) is 19.2 Å². The van der Waals surface area contributed by atoms with Gasteiger partial charge in [-0.15, -0.1) is 0 Å². The first-order chi connectivity index (χ1) is 15.2. The van der Waals surface area contributed by atoms with Crippen LogP contribution in [0.25, 0.3) is 33.4 Å². The Morgan fingerprint density at radius 3 is 2.65 bits per heavy atom. The van der Waals surface area contributed by atoms with Crippen LogP contribution in [0.2, 0.25) is 0 Å². The molecule has 1 aliphatic rings. The zero-order chi connectivity index (χ0) is 21.2. The molecule has 5 nitrogen and oxygen atoms in total. The van der Waals surface area contributed by atoms with Gasteiger partial charge in [-0.25, -0.2) is 9.37 Å². The first kappa shape index (κ1) is 19.8. The van der Waals surface area contributed by atoms with E-state index in [9.17, 15) is 4.39 Å². The Morgan fingerprint density at radius 1 is 0.968 bits per heavy atom. The van der Waals surface area contributed by atoms with Gasteiger partial charge >= 0.3 is 0 Å². The fraction of sp³-hybridized carbons (Fsp3) is 0.280. The van der Waals surface area contributed by atoms with Gasteiger partial charge in [-0.3, -0.25) is 9.88 Å². The average molecular weight is 417 g/mol. The van der Waals surface area contributed by atoms with Crippen LogP contribution in [0.1, 0.15) is 5.56 Å². The van der Waals surface area contributed by atoms with Gasteiger partial charge in [0.1, 0.15) is 5.82 Å². The molecule has 0 saturated carbocycles. The highest BCUT2D eigenvalue weighted by Gasteiger charge is 2.14. The van der Waals surface area contributed by atoms with Gasteiger partial charge in [0.15, 0.2) is 0 Å². The van der Waals surface area contributed by atoms with Crippen molar-refractivity contribution in [3.05, 3.63) is 72.4 Å². The van der Waals surface area contributed by atoms with Crippen molar-refractivity contribution in [2.24, 2.45) is 0 Å². The molecule has 4 aromatic rings. The molecule has 31 heavy (non-hydrogen) atoms. The van der Waals surface area contributed by atoms with Gasteiger partial charge in [0.05, 0.1) is 36.3 Å². The van der Waals surface area contributed by atoms with Crippen molar-refractivity contribution in [2.45, 2.75) is 13.5 Å². The van der Waals surface area contributed by atoms with E-state index in [1.807, 2.05) is 18.5 Å². The second-order valence-corrected chi connectivity index (χ2v) is 7.96. The van der Waals surface area contributed by atoms with Crippen LogP contribution in [0.3, 0.4) is 0 Å². The zero-order valence-corrected chi connectivity index (χ0v) is 17.6. The van der Waals surface area contributed by atoms with Crippen LogP contribution in [-0.4, -0.2) is 52.3 Å². The van der Waals surface area contributed by atoms with Crippen molar-refractivity contribution in [3.63, 3.8) is 0 Å². The fourth-order valence-corrected chi connectivity index (χ4v) is 4.14. The van der Waals surface area contributed by atoms with Crippen LogP contribution < -0.4 is 0 Å². The van der Waals surface area contributed by atoms with Gasteiger partial charge in [0, 0.05) is 43.5 Å². The Bertz CT molecular complexity index is 1210. The number of aromatic nitrogens is 3. The van der Waals surface area contributed by atoms with Gasteiger partial charge in [0.25, 0.3) is 0 Å². The molecule has 0 N–H and O–H groups in total. The smallest absolute Gasteiger partial charge is 0.126 e. The molecule has 0 aliphatic carbocycles. The van der Waals surface area contributed by atoms with Gasteiger partial charge in [-0.05, 0) is 54.4 Å². The lowest BCUT2D eigenvalue weighted by Crippen LogP contribution is -2.38. The number of ether oxygens (including phenoxy) is 1. The first-order valence-corrected chi connectivity index (χ1v) is 10.7. The van der Waals surface area contributed by atoms with E-state index in [4.69, 9.17) is 4.74 Å². The number of hydrogen-bond donors (Lipinski definition) is 0. The molecule has 0 radical (unpaired) electrons. The molecule has 2 aromatic carbocycles. The molecule has 0 spiro atoms. The van der Waals surface area contributed by atoms with E-state index in [-0.39, 0.29) is 5.82 Å². The molecule has 158 valence electrons. The van der Waals surface area contributed by atoms with Crippen molar-refractivity contribution >= 4 is 11.0 Å². The predicted octanol–water partition coefficient (Wildman–Crippen LogP) is 4.55. The maximum Gasteiger partial charge on any atom is 0.126 e. The van der Waals surface area contributed by atoms with Gasteiger partial charge in [-0.2, -0.15) is 0 Å². The number of halogens is 1. The lowest BCUT2D eigenvalue weighted by Gasteiger charge is -2.26. The number of nitrogens with zero attached hydrogens (tertiary/aromatic N) is 4. The van der Waals surface area contributed by atoms with Crippen molar-refractivity contribution in [2.75, 3.05) is 32.8 Å². The topological polar surface area (TPSA) is 43.2 Å². The fourth-order valence-electron chi connectivity index (χ4n) is 4.14. The monoisotopic (exact) mass is 416 g/mol. The van der Waals surface area contributed by atoms with Crippen LogP contribution in [-0.2, 0) is 11.3 Å². The van der Waals surface area contributed by atoms with E-state index < -0.39 is 0 Å². The van der Waals surface area contributed by atoms with E-state index in [0.717, 1.165) is 72.8 Å². The number of hydrogen-bond acceptors (Lipinski definition) is 4. The molecule has 1 fully saturated rings. The van der Waals surface area contributed by atoms with Crippen molar-refractivity contribution < 1.29 is 9.13 Å². The third-order valence-corrected chi connectivity index (χ3v) is 5.93. The van der Waals surface area contributed by atoms with Crippen LogP contribution >= 0.6 is 0 Å². The second kappa shape index (κ2) is 8.57. The molecule has 5 rings (SSSR count). The molecule has 0 bridgehead atoms. The number of imidazole rings is 1. The van der Waals surface area contributed by atoms with E-state index >= 15 is 0 Å². The van der Waals surface area contributed by atoms with Crippen molar-refractivity contribution in [1.29, 1.82) is 0 Å². The summed E-state index contributed by atoms with van der Waals surface area (Å²) < 4.78 is 21.4. The summed E-state index contributed by atoms with van der Waals surface area (Å²) in [6.45, 7) is 7.22. The number of benzene rings is 2. The van der Waals surface area contributed by atoms with Crippen LogP contribution in [0.4, 0.5) is 4.39 Å². The van der Waals surface area contributed by atoms with Crippen LogP contribution in [0.5, 0.6) is 0 Å². The maximum absolute atomic E-state index is 13.8. The highest BCUT2D eigenvalue weighted by atomic mass is 19.1. The minimum atomic E-state index is -0.202. The van der Waals surface area contributed by atoms with Crippen LogP contribution in [0.15, 0.2) is 61.1 Å². The van der Waals surface area contributed by atoms with Gasteiger partial charge in [-0.1, -0.05) is 12.1 Å². The van der Waals surface area contributed by atoms with E-state index in [1.165, 1.54) is 6.07 Å². The normalized spacial score (nSPS) is 14.9. The molecule has 3 heterocycles. The number of rotatable bonds is 5. The second-order valence-electron chi connectivity index (χ2n) is 7.96. The zero-order valence-electron chi connectivity index (χ0n) is 17.6. The Hall–Kier alpha value is -3.09. The molecule has 0 unspecified atom stereocenters. The number of morpholine rings is 1. The van der Waals surface area contributed by atoms with E-state index in [0.29, 0.717) is 5.56 Å². The van der Waals surface area contributed by atoms with Crippen LogP contribution in [0, 0.1) is 12.7 Å². The summed E-state index contributed by atoms with van der Waals surface area (Å²) >= 11 is 0. The minimum absolute atomic E-state index is 0.202. The Morgan fingerprint density at radius 2 is 1.81 bits per heavy atom. The summed E-state index contributed by atoms with van der Waals surface area (Å²) in [4.78, 5) is 11.6. The summed E-state index contributed by atoms with van der Waals surface area (Å²) in [7, 11) is 0. The Kier molecular flexibility index (Phi) is 5.49. The summed E-state index contributed by atoms with van der Waals surface area (Å²) in [5.74, 6) is -0.202. The lowest BCUT2D eigenvalue weighted by molar-refractivity contribution is 0.0365. The average Bonchev–Trinajstić information content (AvgIpc) is 3.22. The molecule has 0 atom stereocenters. The van der Waals surface area contributed by atoms with Gasteiger partial charge in [0.2, 0.25) is 0 Å². The lowest BCUT2D eigenvalue weighted by atomic mass is 9.98. The molecule has 2 aromatic heterocycles. The molecule has 6 heteroatoms. The third-order valence-electron chi connectivity index (χ3n) is 5.93. The van der Waals surface area contributed by atoms with Crippen molar-refractivity contribution in [1.82, 2.24) is 19.4 Å². The number of aryl methyl sites for hydroxylation is 1. The predicted molar refractivity (Wildman–Crippen MR) is 120 cm³/mol. The van der Waals surface area contributed by atoms with E-state index in [2.05, 4.69) is 43.7 Å². The molecule has 1 aliphatic heterocycles. The minimum Gasteiger partial charge on any atom is -0.379 e. The highest BCUT2D eigenvalue weighted by Crippen LogP contribution is 2.32. The quantitative estimate of drug-likeness (QED) is 0.479. The Labute approximate surface area is 181 Å². The molecular formula is C25H25FN4O. The largest absolute Gasteiger partial charge is 0.379 e. The standard InChI is InChI=1S/C25H25FN4O/c1-18-15-20(4-6-22(18)26)25-21(3-2-8-27-25)19-5-7-23-24(16-19)30(17-28-23)10-9-29-11-13-31-14-12-29/h2-8,15-17H,9-14H2,1H3. The van der Waals surface area contributed by atoms with Gasteiger partial charge < -0.3 is 9.30 Å². The SMILES string of the molecule is Cc1cc(-c2ncccc2-c2ccc3ncn(CCN4CCOCC4)c3c2)ccc1F. The third kappa shape index (κ3) is 4.09. The maximum atomic E-state index is 13.8. The molecule has 1 saturated heterocycles. The first-order valence-electron chi connectivity index (χ1n) is 10.7. The van der Waals surface area contributed by atoms with Crippen molar-refractivity contribution in [3.8, 4) is 22.4 Å².